The number of nitriles is 1. The summed E-state index contributed by atoms with van der Waals surface area (Å²) in [6, 6.07) is 8.44. The quantitative estimate of drug-likeness (QED) is 0.634. The molecule has 100 valence electrons. The van der Waals surface area contributed by atoms with Crippen molar-refractivity contribution in [2.75, 3.05) is 0 Å². The van der Waals surface area contributed by atoms with Gasteiger partial charge in [0.25, 0.3) is 0 Å². The lowest BCUT2D eigenvalue weighted by Gasteiger charge is -2.08. The molecule has 0 aliphatic heterocycles. The molecule has 2 rings (SSSR count). The molecule has 0 bridgehead atoms. The van der Waals surface area contributed by atoms with Crippen molar-refractivity contribution in [3.63, 3.8) is 0 Å². The molecule has 20 heavy (non-hydrogen) atoms. The van der Waals surface area contributed by atoms with Gasteiger partial charge in [-0.1, -0.05) is 12.1 Å². The third kappa shape index (κ3) is 2.40. The van der Waals surface area contributed by atoms with Gasteiger partial charge in [0.1, 0.15) is 23.2 Å². The average Bonchev–Trinajstić information content (AvgIpc) is 2.38. The second kappa shape index (κ2) is 5.32. The van der Waals surface area contributed by atoms with E-state index >= 15 is 0 Å². The van der Waals surface area contributed by atoms with E-state index in [-0.39, 0.29) is 5.75 Å². The second-order valence-corrected chi connectivity index (χ2v) is 3.67. The predicted molar refractivity (Wildman–Crippen MR) is 64.2 cm³/mol. The molecule has 0 saturated carbocycles. The van der Waals surface area contributed by atoms with Gasteiger partial charge in [-0.3, -0.25) is 10.1 Å². The minimum absolute atomic E-state index is 0.221. The van der Waals surface area contributed by atoms with Crippen molar-refractivity contribution >= 4 is 5.69 Å². The van der Waals surface area contributed by atoms with Crippen LogP contribution in [0.2, 0.25) is 0 Å². The highest BCUT2D eigenvalue weighted by Gasteiger charge is 2.23. The Morgan fingerprint density at radius 1 is 1.10 bits per heavy atom. The Balaban J connectivity index is 2.52. The van der Waals surface area contributed by atoms with Crippen LogP contribution in [0.25, 0.3) is 0 Å². The largest absolute Gasteiger partial charge is 0.448 e. The number of nitrogens with zero attached hydrogens (tertiary/aromatic N) is 2. The summed E-state index contributed by atoms with van der Waals surface area (Å²) in [5.41, 5.74) is -1.29. The Hall–Kier alpha value is -3.01. The molecule has 0 atom stereocenters. The van der Waals surface area contributed by atoms with Crippen molar-refractivity contribution in [2.45, 2.75) is 0 Å². The van der Waals surface area contributed by atoms with Gasteiger partial charge in [-0.2, -0.15) is 9.65 Å². The Labute approximate surface area is 111 Å². The maximum absolute atomic E-state index is 13.4. The molecule has 0 fully saturated rings. The number of para-hydroxylation sites is 1. The Morgan fingerprint density at radius 3 is 2.30 bits per heavy atom. The van der Waals surface area contributed by atoms with Crippen LogP contribution in [0.5, 0.6) is 11.5 Å². The molecule has 2 aromatic carbocycles. The molecule has 0 heterocycles. The molecule has 0 unspecified atom stereocenters. The van der Waals surface area contributed by atoms with E-state index < -0.39 is 33.6 Å². The smallest absolute Gasteiger partial charge is 0.346 e. The first-order valence-corrected chi connectivity index (χ1v) is 5.34. The molecular weight excluding hydrogens is 270 g/mol. The zero-order chi connectivity index (χ0) is 14.7. The van der Waals surface area contributed by atoms with Crippen LogP contribution in [-0.4, -0.2) is 4.92 Å². The molecule has 0 aliphatic rings. The Morgan fingerprint density at radius 2 is 1.70 bits per heavy atom. The second-order valence-electron chi connectivity index (χ2n) is 3.67. The van der Waals surface area contributed by atoms with Crippen molar-refractivity contribution in [3.05, 3.63) is 63.7 Å². The highest BCUT2D eigenvalue weighted by Crippen LogP contribution is 2.34. The maximum atomic E-state index is 13.4. The third-order valence-electron chi connectivity index (χ3n) is 2.44. The number of benzene rings is 2. The molecule has 0 N–H and O–H groups in total. The number of nitro benzene ring substituents is 1. The summed E-state index contributed by atoms with van der Waals surface area (Å²) in [4.78, 5) is 9.85. The van der Waals surface area contributed by atoms with E-state index in [2.05, 4.69) is 0 Å². The minimum Gasteiger partial charge on any atom is -0.448 e. The molecule has 2 aromatic rings. The van der Waals surface area contributed by atoms with Crippen molar-refractivity contribution in [1.29, 1.82) is 5.26 Å². The zero-order valence-corrected chi connectivity index (χ0v) is 9.84. The first-order chi connectivity index (χ1) is 9.54. The predicted octanol–water partition coefficient (Wildman–Crippen LogP) is 3.54. The third-order valence-corrected chi connectivity index (χ3v) is 2.44. The first-order valence-electron chi connectivity index (χ1n) is 5.34. The SMILES string of the molecule is N#Cc1c(F)cccc1Oc1cccc(F)c1[N+](=O)[O-]. The Kier molecular flexibility index (Phi) is 3.57. The van der Waals surface area contributed by atoms with E-state index in [1.54, 1.807) is 6.07 Å². The number of ether oxygens (including phenoxy) is 1. The van der Waals surface area contributed by atoms with Crippen LogP contribution in [0.1, 0.15) is 5.56 Å². The standard InChI is InChI=1S/C13H6F2N2O3/c14-9-3-1-5-11(8(9)7-16)20-12-6-2-4-10(15)13(12)17(18)19/h1-6H. The van der Waals surface area contributed by atoms with Crippen LogP contribution in [-0.2, 0) is 0 Å². The van der Waals surface area contributed by atoms with Crippen LogP contribution >= 0.6 is 0 Å². The fourth-order valence-electron chi connectivity index (χ4n) is 1.57. The molecule has 7 heteroatoms. The van der Waals surface area contributed by atoms with E-state index in [0.29, 0.717) is 0 Å². The lowest BCUT2D eigenvalue weighted by molar-refractivity contribution is -0.388. The fraction of sp³-hybridized carbons (Fsp3) is 0. The summed E-state index contributed by atoms with van der Waals surface area (Å²) in [6.07, 6.45) is 0. The summed E-state index contributed by atoms with van der Waals surface area (Å²) in [5, 5.41) is 19.6. The van der Waals surface area contributed by atoms with E-state index in [1.165, 1.54) is 18.2 Å². The molecule has 0 aliphatic carbocycles. The number of nitro groups is 1. The number of hydrogen-bond donors (Lipinski definition) is 0. The molecule has 0 saturated heterocycles. The molecule has 0 aromatic heterocycles. The highest BCUT2D eigenvalue weighted by molar-refractivity contribution is 5.52. The van der Waals surface area contributed by atoms with Crippen molar-refractivity contribution in [2.24, 2.45) is 0 Å². The van der Waals surface area contributed by atoms with Gasteiger partial charge in [-0.15, -0.1) is 0 Å². The van der Waals surface area contributed by atoms with Gasteiger partial charge in [0.2, 0.25) is 11.6 Å². The van der Waals surface area contributed by atoms with Gasteiger partial charge in [0.05, 0.1) is 4.92 Å². The highest BCUT2D eigenvalue weighted by atomic mass is 19.1. The molecule has 0 spiro atoms. The van der Waals surface area contributed by atoms with Crippen LogP contribution in [0.3, 0.4) is 0 Å². The Bertz CT molecular complexity index is 726. The van der Waals surface area contributed by atoms with Crippen LogP contribution < -0.4 is 4.74 Å². The summed E-state index contributed by atoms with van der Waals surface area (Å²) in [6.45, 7) is 0. The van der Waals surface area contributed by atoms with Crippen LogP contribution in [0, 0.1) is 33.1 Å². The number of rotatable bonds is 3. The van der Waals surface area contributed by atoms with Gasteiger partial charge in [-0.25, -0.2) is 4.39 Å². The van der Waals surface area contributed by atoms with Crippen molar-refractivity contribution in [1.82, 2.24) is 0 Å². The van der Waals surface area contributed by atoms with Crippen LogP contribution in [0.15, 0.2) is 36.4 Å². The summed E-state index contributed by atoms with van der Waals surface area (Å²) in [7, 11) is 0. The molecule has 5 nitrogen and oxygen atoms in total. The van der Waals surface area contributed by atoms with Gasteiger partial charge >= 0.3 is 5.69 Å². The summed E-state index contributed by atoms with van der Waals surface area (Å²) >= 11 is 0. The normalized spacial score (nSPS) is 9.85. The van der Waals surface area contributed by atoms with Gasteiger partial charge in [-0.05, 0) is 24.3 Å². The molecule has 0 radical (unpaired) electrons. The maximum Gasteiger partial charge on any atom is 0.346 e. The fourth-order valence-corrected chi connectivity index (χ4v) is 1.57. The first kappa shape index (κ1) is 13.4. The topological polar surface area (TPSA) is 76.2 Å². The lowest BCUT2D eigenvalue weighted by atomic mass is 10.2. The van der Waals surface area contributed by atoms with Crippen LogP contribution in [0.4, 0.5) is 14.5 Å². The molecule has 0 amide bonds. The number of halogens is 2. The van der Waals surface area contributed by atoms with E-state index in [0.717, 1.165) is 18.2 Å². The van der Waals surface area contributed by atoms with Gasteiger partial charge in [0.15, 0.2) is 0 Å². The van der Waals surface area contributed by atoms with E-state index in [1.807, 2.05) is 0 Å². The van der Waals surface area contributed by atoms with Gasteiger partial charge < -0.3 is 4.74 Å². The lowest BCUT2D eigenvalue weighted by Crippen LogP contribution is -1.98. The van der Waals surface area contributed by atoms with Gasteiger partial charge in [0, 0.05) is 0 Å². The molecular formula is C13H6F2N2O3. The van der Waals surface area contributed by atoms with Crippen molar-refractivity contribution in [3.8, 4) is 17.6 Å². The summed E-state index contributed by atoms with van der Waals surface area (Å²) in [5.74, 6) is -2.54. The monoisotopic (exact) mass is 276 g/mol. The average molecular weight is 276 g/mol. The van der Waals surface area contributed by atoms with Crippen molar-refractivity contribution < 1.29 is 18.4 Å². The van der Waals surface area contributed by atoms with E-state index in [4.69, 9.17) is 10.00 Å². The summed E-state index contributed by atoms with van der Waals surface area (Å²) < 4.78 is 31.9. The van der Waals surface area contributed by atoms with E-state index in [9.17, 15) is 18.9 Å². The number of hydrogen-bond acceptors (Lipinski definition) is 4. The minimum atomic E-state index is -1.08. The zero-order valence-electron chi connectivity index (χ0n) is 9.84.